The molecule has 2 aromatic heterocycles. The van der Waals surface area contributed by atoms with E-state index in [9.17, 15) is 4.79 Å². The molecule has 25 heavy (non-hydrogen) atoms. The summed E-state index contributed by atoms with van der Waals surface area (Å²) in [5.74, 6) is 1.51. The Balaban J connectivity index is 1.80. The third-order valence-corrected chi connectivity index (χ3v) is 4.23. The minimum atomic E-state index is -0.0850. The zero-order valence-corrected chi connectivity index (χ0v) is 15.1. The van der Waals surface area contributed by atoms with E-state index >= 15 is 0 Å². The number of hydrogen-bond acceptors (Lipinski definition) is 4. The molecule has 0 radical (unpaired) electrons. The van der Waals surface area contributed by atoms with Crippen LogP contribution >= 0.6 is 0 Å². The highest BCUT2D eigenvalue weighted by Gasteiger charge is 2.12. The number of amides is 1. The van der Waals surface area contributed by atoms with Gasteiger partial charge in [-0.3, -0.25) is 9.78 Å². The van der Waals surface area contributed by atoms with Crippen molar-refractivity contribution in [2.45, 2.75) is 40.7 Å². The van der Waals surface area contributed by atoms with Gasteiger partial charge in [-0.2, -0.15) is 5.10 Å². The molecule has 0 bridgehead atoms. The van der Waals surface area contributed by atoms with Gasteiger partial charge in [-0.15, -0.1) is 0 Å². The average Bonchev–Trinajstić information content (AvgIpc) is 2.91. The number of rotatable bonds is 5. The number of carbonyl (C=O) groups is 1. The number of carbonyl (C=O) groups excluding carboxylic acids is 1. The lowest BCUT2D eigenvalue weighted by molar-refractivity contribution is 0.0953. The topological polar surface area (TPSA) is 72.7 Å². The van der Waals surface area contributed by atoms with Gasteiger partial charge >= 0.3 is 0 Å². The van der Waals surface area contributed by atoms with Gasteiger partial charge in [0.15, 0.2) is 0 Å². The summed E-state index contributed by atoms with van der Waals surface area (Å²) in [6.07, 6.45) is 0.926. The summed E-state index contributed by atoms with van der Waals surface area (Å²) in [6.45, 7) is 8.88. The third kappa shape index (κ3) is 3.68. The molecule has 0 atom stereocenters. The van der Waals surface area contributed by atoms with Crippen LogP contribution in [0.1, 0.15) is 40.2 Å². The van der Waals surface area contributed by atoms with E-state index in [1.54, 1.807) is 4.68 Å². The van der Waals surface area contributed by atoms with Gasteiger partial charge in [0.25, 0.3) is 5.91 Å². The molecular formula is C19H23N5O. The Bertz CT molecular complexity index is 929. The Morgan fingerprint density at radius 1 is 1.16 bits per heavy atom. The molecule has 0 fully saturated rings. The van der Waals surface area contributed by atoms with Crippen LogP contribution in [0, 0.1) is 20.8 Å². The van der Waals surface area contributed by atoms with E-state index in [1.165, 1.54) is 5.56 Å². The van der Waals surface area contributed by atoms with Crippen LogP contribution in [0.15, 0.2) is 24.3 Å². The van der Waals surface area contributed by atoms with Gasteiger partial charge in [0, 0.05) is 17.6 Å². The predicted molar refractivity (Wildman–Crippen MR) is 97.7 cm³/mol. The van der Waals surface area contributed by atoms with Crippen molar-refractivity contribution >= 4 is 16.8 Å². The van der Waals surface area contributed by atoms with Crippen LogP contribution in [0.5, 0.6) is 0 Å². The van der Waals surface area contributed by atoms with Crippen molar-refractivity contribution in [1.82, 2.24) is 25.1 Å². The number of aryl methyl sites for hydroxylation is 4. The number of aromatic nitrogens is 4. The summed E-state index contributed by atoms with van der Waals surface area (Å²) >= 11 is 0. The van der Waals surface area contributed by atoms with Gasteiger partial charge in [-0.25, -0.2) is 9.67 Å². The molecule has 3 aromatic rings. The maximum Gasteiger partial charge on any atom is 0.252 e. The summed E-state index contributed by atoms with van der Waals surface area (Å²) in [5, 5.41) is 8.19. The van der Waals surface area contributed by atoms with Crippen molar-refractivity contribution in [3.63, 3.8) is 0 Å². The van der Waals surface area contributed by atoms with Crippen LogP contribution in [0.4, 0.5) is 0 Å². The molecule has 1 amide bonds. The lowest BCUT2D eigenvalue weighted by Gasteiger charge is -2.10. The van der Waals surface area contributed by atoms with Crippen molar-refractivity contribution in [2.75, 3.05) is 6.54 Å². The second kappa shape index (κ2) is 7.01. The molecule has 0 unspecified atom stereocenters. The molecule has 0 saturated heterocycles. The number of hydrogen-bond donors (Lipinski definition) is 1. The Hall–Kier alpha value is -2.76. The SMILES string of the molecule is CCc1ccc2nc(C)cc(C(=O)NCCn3nc(C)nc3C)c2c1. The summed E-state index contributed by atoms with van der Waals surface area (Å²) in [4.78, 5) is 21.5. The van der Waals surface area contributed by atoms with Gasteiger partial charge in [-0.1, -0.05) is 13.0 Å². The van der Waals surface area contributed by atoms with Crippen molar-refractivity contribution in [3.05, 3.63) is 52.7 Å². The fraction of sp³-hybridized carbons (Fsp3) is 0.368. The molecule has 1 N–H and O–H groups in total. The maximum atomic E-state index is 12.7. The first-order chi connectivity index (χ1) is 12.0. The van der Waals surface area contributed by atoms with E-state index in [-0.39, 0.29) is 5.91 Å². The Kier molecular flexibility index (Phi) is 4.79. The summed E-state index contributed by atoms with van der Waals surface area (Å²) in [5.41, 5.74) is 3.56. The van der Waals surface area contributed by atoms with Crippen LogP contribution in [0.25, 0.3) is 10.9 Å². The van der Waals surface area contributed by atoms with Crippen LogP contribution in [-0.4, -0.2) is 32.2 Å². The smallest absolute Gasteiger partial charge is 0.252 e. The van der Waals surface area contributed by atoms with E-state index in [0.717, 1.165) is 34.7 Å². The average molecular weight is 337 g/mol. The fourth-order valence-corrected chi connectivity index (χ4v) is 2.96. The molecule has 130 valence electrons. The van der Waals surface area contributed by atoms with E-state index in [2.05, 4.69) is 39.4 Å². The normalized spacial score (nSPS) is 11.0. The molecule has 3 rings (SSSR count). The second-order valence-electron chi connectivity index (χ2n) is 6.20. The molecule has 0 aliphatic carbocycles. The van der Waals surface area contributed by atoms with Gasteiger partial charge in [-0.05, 0) is 51.0 Å². The Morgan fingerprint density at radius 2 is 1.96 bits per heavy atom. The van der Waals surface area contributed by atoms with E-state index in [4.69, 9.17) is 0 Å². The standard InChI is InChI=1S/C19H23N5O/c1-5-15-6-7-18-16(11-15)17(10-12(2)21-18)19(25)20-8-9-24-14(4)22-13(3)23-24/h6-7,10-11H,5,8-9H2,1-4H3,(H,20,25). The van der Waals surface area contributed by atoms with E-state index in [0.29, 0.717) is 18.7 Å². The van der Waals surface area contributed by atoms with Crippen LogP contribution in [0.3, 0.4) is 0 Å². The number of benzene rings is 1. The monoisotopic (exact) mass is 337 g/mol. The van der Waals surface area contributed by atoms with Crippen molar-refractivity contribution in [1.29, 1.82) is 0 Å². The van der Waals surface area contributed by atoms with Gasteiger partial charge in [0.2, 0.25) is 0 Å². The lowest BCUT2D eigenvalue weighted by Crippen LogP contribution is -2.28. The molecule has 2 heterocycles. The summed E-state index contributed by atoms with van der Waals surface area (Å²) < 4.78 is 1.81. The predicted octanol–water partition coefficient (Wildman–Crippen LogP) is 2.74. The number of nitrogens with one attached hydrogen (secondary N) is 1. The Morgan fingerprint density at radius 3 is 2.64 bits per heavy atom. The van der Waals surface area contributed by atoms with Crippen molar-refractivity contribution in [3.8, 4) is 0 Å². The molecule has 6 nitrogen and oxygen atoms in total. The summed E-state index contributed by atoms with van der Waals surface area (Å²) in [6, 6.07) is 7.95. The highest BCUT2D eigenvalue weighted by molar-refractivity contribution is 6.06. The lowest BCUT2D eigenvalue weighted by atomic mass is 10.0. The van der Waals surface area contributed by atoms with Crippen molar-refractivity contribution in [2.24, 2.45) is 0 Å². The quantitative estimate of drug-likeness (QED) is 0.777. The first kappa shape index (κ1) is 17.1. The van der Waals surface area contributed by atoms with Crippen LogP contribution in [-0.2, 0) is 13.0 Å². The third-order valence-electron chi connectivity index (χ3n) is 4.23. The summed E-state index contributed by atoms with van der Waals surface area (Å²) in [7, 11) is 0. The molecule has 0 aliphatic heterocycles. The molecular weight excluding hydrogens is 314 g/mol. The van der Waals surface area contributed by atoms with Crippen molar-refractivity contribution < 1.29 is 4.79 Å². The number of nitrogens with zero attached hydrogens (tertiary/aromatic N) is 4. The van der Waals surface area contributed by atoms with Gasteiger partial charge in [0.05, 0.1) is 17.6 Å². The van der Waals surface area contributed by atoms with Gasteiger partial charge < -0.3 is 5.32 Å². The highest BCUT2D eigenvalue weighted by Crippen LogP contribution is 2.20. The van der Waals surface area contributed by atoms with E-state index < -0.39 is 0 Å². The zero-order valence-electron chi connectivity index (χ0n) is 15.1. The maximum absolute atomic E-state index is 12.7. The van der Waals surface area contributed by atoms with E-state index in [1.807, 2.05) is 32.9 Å². The molecule has 0 spiro atoms. The molecule has 0 saturated carbocycles. The van der Waals surface area contributed by atoms with Gasteiger partial charge in [0.1, 0.15) is 11.6 Å². The zero-order chi connectivity index (χ0) is 18.0. The van der Waals surface area contributed by atoms with Crippen LogP contribution in [0.2, 0.25) is 0 Å². The molecule has 1 aromatic carbocycles. The highest BCUT2D eigenvalue weighted by atomic mass is 16.1. The Labute approximate surface area is 147 Å². The molecule has 6 heteroatoms. The fourth-order valence-electron chi connectivity index (χ4n) is 2.96. The number of pyridine rings is 1. The molecule has 0 aliphatic rings. The largest absolute Gasteiger partial charge is 0.350 e. The minimum absolute atomic E-state index is 0.0850. The number of fused-ring (bicyclic) bond motifs is 1. The first-order valence-electron chi connectivity index (χ1n) is 8.54. The first-order valence-corrected chi connectivity index (χ1v) is 8.54. The second-order valence-corrected chi connectivity index (χ2v) is 6.20. The van der Waals surface area contributed by atoms with Crippen LogP contribution < -0.4 is 5.32 Å². The minimum Gasteiger partial charge on any atom is -0.350 e.